The molecule has 0 aromatic heterocycles. The van der Waals surface area contributed by atoms with E-state index in [1.165, 1.54) is 0 Å². The average molecular weight is 323 g/mol. The standard InChI is InChI=1S/C16H19BrO2/c1-4-5-8-13(11-12(2)3)19-16(18)14-9-6-7-10-15(14)17/h6-7,9-10,12-13H,4,11H2,1-3H3. The number of hydrogen-bond donors (Lipinski definition) is 0. The molecule has 0 spiro atoms. The van der Waals surface area contributed by atoms with Crippen LogP contribution in [0, 0.1) is 17.8 Å². The first-order chi connectivity index (χ1) is 9.04. The van der Waals surface area contributed by atoms with E-state index in [2.05, 4.69) is 41.6 Å². The van der Waals surface area contributed by atoms with E-state index >= 15 is 0 Å². The van der Waals surface area contributed by atoms with E-state index in [1.807, 2.05) is 25.1 Å². The van der Waals surface area contributed by atoms with Gasteiger partial charge in [0, 0.05) is 10.9 Å². The Morgan fingerprint density at radius 2 is 2.05 bits per heavy atom. The predicted molar refractivity (Wildman–Crippen MR) is 80.9 cm³/mol. The molecule has 1 rings (SSSR count). The van der Waals surface area contributed by atoms with Gasteiger partial charge in [0.1, 0.15) is 0 Å². The Hall–Kier alpha value is -1.27. The lowest BCUT2D eigenvalue weighted by Gasteiger charge is -2.15. The molecule has 0 bridgehead atoms. The SMILES string of the molecule is CCC#CC(CC(C)C)OC(=O)c1ccccc1Br. The third-order valence-electron chi connectivity index (χ3n) is 2.47. The van der Waals surface area contributed by atoms with Gasteiger partial charge in [-0.05, 0) is 40.4 Å². The van der Waals surface area contributed by atoms with Crippen LogP contribution in [0.1, 0.15) is 44.0 Å². The smallest absolute Gasteiger partial charge is 0.340 e. The lowest BCUT2D eigenvalue weighted by Crippen LogP contribution is -2.19. The molecule has 0 fully saturated rings. The van der Waals surface area contributed by atoms with Crippen LogP contribution in [0.4, 0.5) is 0 Å². The molecule has 0 saturated carbocycles. The van der Waals surface area contributed by atoms with E-state index in [0.29, 0.717) is 11.5 Å². The molecule has 19 heavy (non-hydrogen) atoms. The highest BCUT2D eigenvalue weighted by Gasteiger charge is 2.17. The number of hydrogen-bond acceptors (Lipinski definition) is 2. The fraction of sp³-hybridized carbons (Fsp3) is 0.438. The van der Waals surface area contributed by atoms with E-state index in [1.54, 1.807) is 6.07 Å². The predicted octanol–water partition coefficient (Wildman–Crippen LogP) is 4.43. The van der Waals surface area contributed by atoms with E-state index in [-0.39, 0.29) is 12.1 Å². The van der Waals surface area contributed by atoms with Gasteiger partial charge in [0.2, 0.25) is 0 Å². The number of carbonyl (C=O) groups is 1. The maximum absolute atomic E-state index is 12.1. The molecule has 0 amide bonds. The van der Waals surface area contributed by atoms with Crippen LogP contribution < -0.4 is 0 Å². The molecule has 0 radical (unpaired) electrons. The maximum Gasteiger partial charge on any atom is 0.340 e. The second-order valence-corrected chi connectivity index (χ2v) is 5.53. The van der Waals surface area contributed by atoms with Gasteiger partial charge in [0.25, 0.3) is 0 Å². The van der Waals surface area contributed by atoms with Crippen molar-refractivity contribution in [3.8, 4) is 11.8 Å². The normalized spacial score (nSPS) is 11.6. The van der Waals surface area contributed by atoms with Gasteiger partial charge in [-0.2, -0.15) is 0 Å². The molecule has 1 aromatic carbocycles. The van der Waals surface area contributed by atoms with Crippen molar-refractivity contribution >= 4 is 21.9 Å². The van der Waals surface area contributed by atoms with Crippen molar-refractivity contribution in [2.45, 2.75) is 39.7 Å². The minimum Gasteiger partial charge on any atom is -0.446 e. The minimum absolute atomic E-state index is 0.330. The Balaban J connectivity index is 2.79. The molecule has 0 N–H and O–H groups in total. The Morgan fingerprint density at radius 3 is 2.63 bits per heavy atom. The zero-order chi connectivity index (χ0) is 14.3. The van der Waals surface area contributed by atoms with Crippen LogP contribution in [0.15, 0.2) is 28.7 Å². The van der Waals surface area contributed by atoms with Crippen LogP contribution in [-0.4, -0.2) is 12.1 Å². The van der Waals surface area contributed by atoms with Crippen molar-refractivity contribution in [2.75, 3.05) is 0 Å². The average Bonchev–Trinajstić information content (AvgIpc) is 2.35. The molecule has 102 valence electrons. The monoisotopic (exact) mass is 322 g/mol. The Kier molecular flexibility index (Phi) is 6.66. The lowest BCUT2D eigenvalue weighted by atomic mass is 10.1. The molecule has 0 saturated heterocycles. The van der Waals surface area contributed by atoms with Crippen molar-refractivity contribution in [3.05, 3.63) is 34.3 Å². The van der Waals surface area contributed by atoms with Crippen molar-refractivity contribution in [1.29, 1.82) is 0 Å². The van der Waals surface area contributed by atoms with E-state index in [4.69, 9.17) is 4.74 Å². The molecule has 3 heteroatoms. The van der Waals surface area contributed by atoms with Gasteiger partial charge < -0.3 is 4.74 Å². The summed E-state index contributed by atoms with van der Waals surface area (Å²) in [7, 11) is 0. The Morgan fingerprint density at radius 1 is 1.37 bits per heavy atom. The van der Waals surface area contributed by atoms with Gasteiger partial charge in [0.05, 0.1) is 5.56 Å². The van der Waals surface area contributed by atoms with Crippen molar-refractivity contribution < 1.29 is 9.53 Å². The zero-order valence-corrected chi connectivity index (χ0v) is 13.2. The largest absolute Gasteiger partial charge is 0.446 e. The number of benzene rings is 1. The van der Waals surface area contributed by atoms with Crippen molar-refractivity contribution in [3.63, 3.8) is 0 Å². The highest BCUT2D eigenvalue weighted by molar-refractivity contribution is 9.10. The molecule has 1 atom stereocenters. The van der Waals surface area contributed by atoms with Gasteiger partial charge in [-0.3, -0.25) is 0 Å². The van der Waals surface area contributed by atoms with E-state index in [9.17, 15) is 4.79 Å². The summed E-state index contributed by atoms with van der Waals surface area (Å²) in [5.74, 6) is 6.10. The molecule has 0 heterocycles. The topological polar surface area (TPSA) is 26.3 Å². The molecular weight excluding hydrogens is 304 g/mol. The Labute approximate surface area is 123 Å². The lowest BCUT2D eigenvalue weighted by molar-refractivity contribution is 0.0376. The number of ether oxygens (including phenoxy) is 1. The van der Waals surface area contributed by atoms with Gasteiger partial charge in [0.15, 0.2) is 6.10 Å². The summed E-state index contributed by atoms with van der Waals surface area (Å²) in [6, 6.07) is 7.25. The quantitative estimate of drug-likeness (QED) is 0.605. The van der Waals surface area contributed by atoms with Crippen molar-refractivity contribution in [1.82, 2.24) is 0 Å². The summed E-state index contributed by atoms with van der Waals surface area (Å²) in [6.45, 7) is 6.16. The molecule has 0 aliphatic heterocycles. The van der Waals surface area contributed by atoms with Crippen LogP contribution in [0.2, 0.25) is 0 Å². The maximum atomic E-state index is 12.1. The van der Waals surface area contributed by atoms with Crippen LogP contribution in [-0.2, 0) is 4.74 Å². The first-order valence-corrected chi connectivity index (χ1v) is 7.27. The highest BCUT2D eigenvalue weighted by atomic mass is 79.9. The second kappa shape index (κ2) is 8.01. The molecule has 1 unspecified atom stereocenters. The Bertz CT molecular complexity index is 483. The zero-order valence-electron chi connectivity index (χ0n) is 11.6. The molecule has 2 nitrogen and oxygen atoms in total. The summed E-state index contributed by atoms with van der Waals surface area (Å²) >= 11 is 3.35. The van der Waals surface area contributed by atoms with Gasteiger partial charge in [-0.15, -0.1) is 0 Å². The first kappa shape index (κ1) is 15.8. The fourth-order valence-electron chi connectivity index (χ4n) is 1.60. The van der Waals surface area contributed by atoms with Crippen molar-refractivity contribution in [2.24, 2.45) is 5.92 Å². The fourth-order valence-corrected chi connectivity index (χ4v) is 2.05. The summed E-state index contributed by atoms with van der Waals surface area (Å²) in [4.78, 5) is 12.1. The highest BCUT2D eigenvalue weighted by Crippen LogP contribution is 2.18. The molecular formula is C16H19BrO2. The van der Waals surface area contributed by atoms with Gasteiger partial charge in [-0.25, -0.2) is 4.79 Å². The molecule has 1 aromatic rings. The van der Waals surface area contributed by atoms with Gasteiger partial charge >= 0.3 is 5.97 Å². The summed E-state index contributed by atoms with van der Waals surface area (Å²) in [5.41, 5.74) is 0.537. The van der Waals surface area contributed by atoms with Crippen LogP contribution in [0.25, 0.3) is 0 Å². The molecule has 0 aliphatic rings. The number of halogens is 1. The van der Waals surface area contributed by atoms with E-state index in [0.717, 1.165) is 17.3 Å². The van der Waals surface area contributed by atoms with Gasteiger partial charge in [-0.1, -0.05) is 44.7 Å². The number of carbonyl (C=O) groups excluding carboxylic acids is 1. The summed E-state index contributed by atoms with van der Waals surface area (Å²) in [6.07, 6.45) is 1.18. The van der Waals surface area contributed by atoms with E-state index < -0.39 is 0 Å². The minimum atomic E-state index is -0.334. The third-order valence-corrected chi connectivity index (χ3v) is 3.16. The van der Waals surface area contributed by atoms with Crippen LogP contribution in [0.3, 0.4) is 0 Å². The van der Waals surface area contributed by atoms with Crippen LogP contribution in [0.5, 0.6) is 0 Å². The summed E-state index contributed by atoms with van der Waals surface area (Å²) in [5, 5.41) is 0. The first-order valence-electron chi connectivity index (χ1n) is 6.48. The third kappa shape index (κ3) is 5.48. The second-order valence-electron chi connectivity index (χ2n) is 4.68. The number of rotatable bonds is 4. The van der Waals surface area contributed by atoms with Crippen LogP contribution >= 0.6 is 15.9 Å². The molecule has 0 aliphatic carbocycles. The summed E-state index contributed by atoms with van der Waals surface area (Å²) < 4.78 is 6.23. The number of esters is 1.